The maximum Gasteiger partial charge on any atom is 0.255 e. The lowest BCUT2D eigenvalue weighted by atomic mass is 10.2. The van der Waals surface area contributed by atoms with E-state index in [4.69, 9.17) is 4.74 Å². The quantitative estimate of drug-likeness (QED) is 0.696. The zero-order valence-corrected chi connectivity index (χ0v) is 9.73. The van der Waals surface area contributed by atoms with Gasteiger partial charge in [-0.1, -0.05) is 0 Å². The first-order valence-electron chi connectivity index (χ1n) is 5.69. The summed E-state index contributed by atoms with van der Waals surface area (Å²) in [4.78, 5) is 17.3. The van der Waals surface area contributed by atoms with Crippen molar-refractivity contribution in [3.8, 4) is 0 Å². The van der Waals surface area contributed by atoms with Crippen LogP contribution in [0.2, 0.25) is 0 Å². The molecule has 1 unspecified atom stereocenters. The van der Waals surface area contributed by atoms with Gasteiger partial charge in [0.05, 0.1) is 11.7 Å². The zero-order valence-electron chi connectivity index (χ0n) is 9.73. The van der Waals surface area contributed by atoms with E-state index >= 15 is 0 Å². The van der Waals surface area contributed by atoms with Crippen LogP contribution in [0.15, 0.2) is 18.3 Å². The molecule has 1 aromatic heterocycles. The van der Waals surface area contributed by atoms with E-state index in [9.17, 15) is 9.18 Å². The Morgan fingerprint density at radius 2 is 2.41 bits per heavy atom. The molecule has 92 valence electrons. The van der Waals surface area contributed by atoms with Gasteiger partial charge in [-0.15, -0.1) is 0 Å². The number of rotatable bonds is 1. The van der Waals surface area contributed by atoms with Crippen LogP contribution in [0.3, 0.4) is 0 Å². The lowest BCUT2D eigenvalue weighted by molar-refractivity contribution is 0.0562. The topological polar surface area (TPSA) is 42.4 Å². The highest BCUT2D eigenvalue weighted by molar-refractivity contribution is 5.93. The van der Waals surface area contributed by atoms with Gasteiger partial charge in [0.15, 0.2) is 0 Å². The number of hydrogen-bond acceptors (Lipinski definition) is 3. The molecule has 1 atom stereocenters. The molecule has 1 amide bonds. The second-order valence-electron chi connectivity index (χ2n) is 4.16. The molecule has 5 heteroatoms. The van der Waals surface area contributed by atoms with E-state index in [-0.39, 0.29) is 12.0 Å². The second-order valence-corrected chi connectivity index (χ2v) is 4.16. The minimum Gasteiger partial charge on any atom is -0.377 e. The standard InChI is InChI=1S/C12H15FN2O2/c1-9-8-15(5-2-6-17-9)12(16)10-3-4-11(13)14-7-10/h3-4,7,9H,2,5-6,8H2,1H3. The van der Waals surface area contributed by atoms with Crippen molar-refractivity contribution in [3.63, 3.8) is 0 Å². The fourth-order valence-corrected chi connectivity index (χ4v) is 1.86. The van der Waals surface area contributed by atoms with E-state index in [1.54, 1.807) is 4.90 Å². The van der Waals surface area contributed by atoms with Crippen molar-refractivity contribution in [1.82, 2.24) is 9.88 Å². The van der Waals surface area contributed by atoms with E-state index in [0.717, 1.165) is 6.42 Å². The highest BCUT2D eigenvalue weighted by Gasteiger charge is 2.21. The Labute approximate surface area is 99.4 Å². The molecule has 2 heterocycles. The largest absolute Gasteiger partial charge is 0.377 e. The average molecular weight is 238 g/mol. The fourth-order valence-electron chi connectivity index (χ4n) is 1.86. The Kier molecular flexibility index (Phi) is 3.68. The van der Waals surface area contributed by atoms with Crippen LogP contribution in [0.5, 0.6) is 0 Å². The molecule has 4 nitrogen and oxygen atoms in total. The van der Waals surface area contributed by atoms with Gasteiger partial charge in [0, 0.05) is 25.9 Å². The fraction of sp³-hybridized carbons (Fsp3) is 0.500. The van der Waals surface area contributed by atoms with Crippen molar-refractivity contribution in [2.24, 2.45) is 0 Å². The molecule has 2 rings (SSSR count). The second kappa shape index (κ2) is 5.23. The summed E-state index contributed by atoms with van der Waals surface area (Å²) in [6.07, 6.45) is 2.13. The molecule has 1 saturated heterocycles. The van der Waals surface area contributed by atoms with Crippen LogP contribution in [0.25, 0.3) is 0 Å². The number of nitrogens with zero attached hydrogens (tertiary/aromatic N) is 2. The molecule has 1 aromatic rings. The lowest BCUT2D eigenvalue weighted by Crippen LogP contribution is -2.36. The van der Waals surface area contributed by atoms with Crippen LogP contribution in [0.4, 0.5) is 4.39 Å². The number of ether oxygens (including phenoxy) is 1. The predicted octanol–water partition coefficient (Wildman–Crippen LogP) is 1.47. The molecule has 1 aliphatic rings. The van der Waals surface area contributed by atoms with Crippen molar-refractivity contribution in [3.05, 3.63) is 29.8 Å². The first kappa shape index (κ1) is 12.0. The van der Waals surface area contributed by atoms with E-state index < -0.39 is 5.95 Å². The third-order valence-electron chi connectivity index (χ3n) is 2.71. The summed E-state index contributed by atoms with van der Waals surface area (Å²) in [5.41, 5.74) is 0.417. The lowest BCUT2D eigenvalue weighted by Gasteiger charge is -2.21. The van der Waals surface area contributed by atoms with E-state index in [1.165, 1.54) is 18.3 Å². The highest BCUT2D eigenvalue weighted by Crippen LogP contribution is 2.10. The van der Waals surface area contributed by atoms with Crippen LogP contribution in [-0.4, -0.2) is 41.6 Å². The van der Waals surface area contributed by atoms with Crippen molar-refractivity contribution in [1.29, 1.82) is 0 Å². The summed E-state index contributed by atoms with van der Waals surface area (Å²) >= 11 is 0. The summed E-state index contributed by atoms with van der Waals surface area (Å²) in [6, 6.07) is 2.66. The van der Waals surface area contributed by atoms with Crippen LogP contribution < -0.4 is 0 Å². The average Bonchev–Trinajstić information content (AvgIpc) is 2.54. The van der Waals surface area contributed by atoms with Crippen LogP contribution in [0.1, 0.15) is 23.7 Å². The minimum absolute atomic E-state index is 0.0369. The molecule has 17 heavy (non-hydrogen) atoms. The molecule has 0 N–H and O–H groups in total. The van der Waals surface area contributed by atoms with Gasteiger partial charge >= 0.3 is 0 Å². The van der Waals surface area contributed by atoms with Gasteiger partial charge in [-0.05, 0) is 25.5 Å². The maximum absolute atomic E-state index is 12.7. The van der Waals surface area contributed by atoms with Gasteiger partial charge in [-0.25, -0.2) is 4.98 Å². The Hall–Kier alpha value is -1.49. The highest BCUT2D eigenvalue weighted by atomic mass is 19.1. The summed E-state index contributed by atoms with van der Waals surface area (Å²) < 4.78 is 18.1. The van der Waals surface area contributed by atoms with Gasteiger partial charge in [0.1, 0.15) is 0 Å². The summed E-state index contributed by atoms with van der Waals surface area (Å²) in [5, 5.41) is 0. The first-order valence-corrected chi connectivity index (χ1v) is 5.69. The Bertz CT molecular complexity index is 394. The number of pyridine rings is 1. The normalized spacial score (nSPS) is 21.1. The van der Waals surface area contributed by atoms with Gasteiger partial charge in [-0.3, -0.25) is 4.79 Å². The molecular weight excluding hydrogens is 223 g/mol. The van der Waals surface area contributed by atoms with Crippen LogP contribution >= 0.6 is 0 Å². The van der Waals surface area contributed by atoms with Crippen molar-refractivity contribution in [2.45, 2.75) is 19.4 Å². The van der Waals surface area contributed by atoms with E-state index in [0.29, 0.717) is 25.3 Å². The summed E-state index contributed by atoms with van der Waals surface area (Å²) in [5.74, 6) is -0.691. The third kappa shape index (κ3) is 3.00. The summed E-state index contributed by atoms with van der Waals surface area (Å²) in [6.45, 7) is 3.85. The molecule has 1 aliphatic heterocycles. The molecule has 0 bridgehead atoms. The van der Waals surface area contributed by atoms with Crippen molar-refractivity contribution < 1.29 is 13.9 Å². The number of amides is 1. The number of hydrogen-bond donors (Lipinski definition) is 0. The van der Waals surface area contributed by atoms with Crippen LogP contribution in [-0.2, 0) is 4.74 Å². The summed E-state index contributed by atoms with van der Waals surface area (Å²) in [7, 11) is 0. The van der Waals surface area contributed by atoms with Gasteiger partial charge in [0.2, 0.25) is 5.95 Å². The van der Waals surface area contributed by atoms with Gasteiger partial charge < -0.3 is 9.64 Å². The first-order chi connectivity index (χ1) is 8.16. The van der Waals surface area contributed by atoms with Gasteiger partial charge in [-0.2, -0.15) is 4.39 Å². The SMILES string of the molecule is CC1CN(C(=O)c2ccc(F)nc2)CCCO1. The number of halogens is 1. The van der Waals surface area contributed by atoms with Crippen molar-refractivity contribution in [2.75, 3.05) is 19.7 Å². The third-order valence-corrected chi connectivity index (χ3v) is 2.71. The van der Waals surface area contributed by atoms with E-state index in [1.807, 2.05) is 6.92 Å². The Balaban J connectivity index is 2.10. The molecular formula is C12H15FN2O2. The van der Waals surface area contributed by atoms with Gasteiger partial charge in [0.25, 0.3) is 5.91 Å². The number of carbonyl (C=O) groups excluding carboxylic acids is 1. The molecule has 0 radical (unpaired) electrons. The smallest absolute Gasteiger partial charge is 0.255 e. The van der Waals surface area contributed by atoms with E-state index in [2.05, 4.69) is 4.98 Å². The molecule has 0 saturated carbocycles. The van der Waals surface area contributed by atoms with Crippen LogP contribution in [0, 0.1) is 5.95 Å². The Morgan fingerprint density at radius 1 is 1.59 bits per heavy atom. The zero-order chi connectivity index (χ0) is 12.3. The molecule has 0 spiro atoms. The predicted molar refractivity (Wildman–Crippen MR) is 60.1 cm³/mol. The minimum atomic E-state index is -0.575. The maximum atomic E-state index is 12.7. The monoisotopic (exact) mass is 238 g/mol. The van der Waals surface area contributed by atoms with Crippen molar-refractivity contribution >= 4 is 5.91 Å². The molecule has 1 fully saturated rings. The molecule has 0 aromatic carbocycles. The Morgan fingerprint density at radius 3 is 3.12 bits per heavy atom. The number of carbonyl (C=O) groups is 1. The molecule has 0 aliphatic carbocycles. The number of aromatic nitrogens is 1.